The molecule has 0 radical (unpaired) electrons. The van der Waals surface area contributed by atoms with Crippen LogP contribution in [0.15, 0.2) is 71.6 Å². The Bertz CT molecular complexity index is 1330. The Morgan fingerprint density at radius 2 is 1.61 bits per heavy atom. The third-order valence-electron chi connectivity index (χ3n) is 4.73. The molecule has 0 atom stereocenters. The maximum Gasteiger partial charge on any atom is 0.261 e. The van der Waals surface area contributed by atoms with E-state index in [4.69, 9.17) is 4.74 Å². The Morgan fingerprint density at radius 1 is 0.909 bits per heavy atom. The largest absolute Gasteiger partial charge is 0.494 e. The van der Waals surface area contributed by atoms with Gasteiger partial charge < -0.3 is 10.1 Å². The van der Waals surface area contributed by atoms with Gasteiger partial charge in [-0.1, -0.05) is 0 Å². The Labute approximate surface area is 192 Å². The lowest BCUT2D eigenvalue weighted by atomic mass is 10.3. The molecule has 0 aliphatic rings. The first-order chi connectivity index (χ1) is 15.8. The molecule has 33 heavy (non-hydrogen) atoms. The highest BCUT2D eigenvalue weighted by molar-refractivity contribution is 7.92. The van der Waals surface area contributed by atoms with Gasteiger partial charge >= 0.3 is 0 Å². The zero-order valence-electron chi connectivity index (χ0n) is 18.5. The number of aryl methyl sites for hydroxylation is 2. The second-order valence-electron chi connectivity index (χ2n) is 7.33. The zero-order valence-corrected chi connectivity index (χ0v) is 19.3. The minimum absolute atomic E-state index is 0.158. The van der Waals surface area contributed by atoms with Gasteiger partial charge in [-0.15, -0.1) is 10.2 Å². The van der Waals surface area contributed by atoms with E-state index in [-0.39, 0.29) is 4.90 Å². The van der Waals surface area contributed by atoms with Gasteiger partial charge in [0, 0.05) is 17.1 Å². The second kappa shape index (κ2) is 9.29. The van der Waals surface area contributed by atoms with Gasteiger partial charge in [0.25, 0.3) is 10.0 Å². The second-order valence-corrected chi connectivity index (χ2v) is 9.01. The molecule has 170 valence electrons. The first-order valence-corrected chi connectivity index (χ1v) is 11.8. The lowest BCUT2D eigenvalue weighted by Gasteiger charge is -2.10. The number of sulfonamides is 1. The number of benzene rings is 2. The van der Waals surface area contributed by atoms with Crippen LogP contribution in [-0.2, 0) is 10.0 Å². The van der Waals surface area contributed by atoms with Gasteiger partial charge in [-0.25, -0.2) is 13.1 Å². The van der Waals surface area contributed by atoms with E-state index in [1.54, 1.807) is 47.1 Å². The maximum atomic E-state index is 12.6. The summed E-state index contributed by atoms with van der Waals surface area (Å²) < 4.78 is 34.9. The van der Waals surface area contributed by atoms with Crippen LogP contribution >= 0.6 is 0 Å². The van der Waals surface area contributed by atoms with Crippen molar-refractivity contribution < 1.29 is 13.2 Å². The van der Waals surface area contributed by atoms with Crippen molar-refractivity contribution in [2.45, 2.75) is 25.7 Å². The Hall–Kier alpha value is -3.92. The molecule has 0 saturated heterocycles. The minimum atomic E-state index is -3.71. The summed E-state index contributed by atoms with van der Waals surface area (Å²) in [4.78, 5) is 0.158. The Morgan fingerprint density at radius 3 is 2.18 bits per heavy atom. The van der Waals surface area contributed by atoms with Crippen LogP contribution in [0.25, 0.3) is 5.82 Å². The topological polar surface area (TPSA) is 111 Å². The fraction of sp³-hybridized carbons (Fsp3) is 0.174. The third kappa shape index (κ3) is 5.29. The summed E-state index contributed by atoms with van der Waals surface area (Å²) in [5.74, 6) is 1.81. The van der Waals surface area contributed by atoms with Crippen molar-refractivity contribution >= 4 is 27.2 Å². The Balaban J connectivity index is 1.41. The molecular weight excluding hydrogens is 440 g/mol. The standard InChI is InChI=1S/C23H24N6O3S/c1-4-32-20-9-11-21(12-10-20)33(30,31)28-19-7-5-18(6-8-19)24-22-13-14-23(26-25-22)29-17(3)15-16(2)27-29/h5-15,28H,4H2,1-3H3,(H,24,25). The molecule has 2 heterocycles. The van der Waals surface area contributed by atoms with Crippen LogP contribution in [0.4, 0.5) is 17.2 Å². The summed E-state index contributed by atoms with van der Waals surface area (Å²) in [5.41, 5.74) is 3.08. The highest BCUT2D eigenvalue weighted by Crippen LogP contribution is 2.22. The predicted molar refractivity (Wildman–Crippen MR) is 127 cm³/mol. The average Bonchev–Trinajstić information content (AvgIpc) is 3.14. The molecule has 0 unspecified atom stereocenters. The van der Waals surface area contributed by atoms with Crippen LogP contribution in [0, 0.1) is 13.8 Å². The molecule has 10 heteroatoms. The molecule has 0 spiro atoms. The number of aromatic nitrogens is 4. The van der Waals surface area contributed by atoms with Gasteiger partial charge in [-0.05, 0) is 87.5 Å². The van der Waals surface area contributed by atoms with E-state index in [0.717, 1.165) is 17.1 Å². The molecular formula is C23H24N6O3S. The first kappa shape index (κ1) is 22.3. The van der Waals surface area contributed by atoms with Crippen LogP contribution in [0.3, 0.4) is 0 Å². The van der Waals surface area contributed by atoms with Crippen molar-refractivity contribution in [3.63, 3.8) is 0 Å². The molecule has 9 nitrogen and oxygen atoms in total. The zero-order chi connectivity index (χ0) is 23.4. The highest BCUT2D eigenvalue weighted by Gasteiger charge is 2.14. The number of nitrogens with one attached hydrogen (secondary N) is 2. The summed E-state index contributed by atoms with van der Waals surface area (Å²) in [5, 5.41) is 16.0. The van der Waals surface area contributed by atoms with E-state index >= 15 is 0 Å². The monoisotopic (exact) mass is 464 g/mol. The molecule has 2 aromatic carbocycles. The van der Waals surface area contributed by atoms with E-state index in [2.05, 4.69) is 25.3 Å². The summed E-state index contributed by atoms with van der Waals surface area (Å²) >= 11 is 0. The van der Waals surface area contributed by atoms with Crippen LogP contribution in [0.5, 0.6) is 5.75 Å². The molecule has 0 saturated carbocycles. The number of anilines is 3. The molecule has 0 aliphatic heterocycles. The third-order valence-corrected chi connectivity index (χ3v) is 6.13. The molecule has 0 fully saturated rings. The molecule has 4 aromatic rings. The number of ether oxygens (including phenoxy) is 1. The predicted octanol–water partition coefficient (Wildman–Crippen LogP) is 4.22. The van der Waals surface area contributed by atoms with E-state index in [1.165, 1.54) is 12.1 Å². The van der Waals surface area contributed by atoms with Crippen molar-refractivity contribution in [3.8, 4) is 11.6 Å². The van der Waals surface area contributed by atoms with Gasteiger partial charge in [0.05, 0.1) is 17.2 Å². The van der Waals surface area contributed by atoms with Gasteiger partial charge in [-0.3, -0.25) is 4.72 Å². The van der Waals surface area contributed by atoms with Crippen LogP contribution in [-0.4, -0.2) is 35.0 Å². The Kier molecular flexibility index (Phi) is 6.27. The van der Waals surface area contributed by atoms with Crippen LogP contribution in [0.1, 0.15) is 18.3 Å². The van der Waals surface area contributed by atoms with Crippen molar-refractivity contribution in [1.29, 1.82) is 0 Å². The van der Waals surface area contributed by atoms with Crippen LogP contribution in [0.2, 0.25) is 0 Å². The lowest BCUT2D eigenvalue weighted by Crippen LogP contribution is -2.12. The molecule has 0 amide bonds. The van der Waals surface area contributed by atoms with E-state index in [0.29, 0.717) is 29.7 Å². The minimum Gasteiger partial charge on any atom is -0.494 e. The summed E-state index contributed by atoms with van der Waals surface area (Å²) in [6.45, 7) is 6.27. The van der Waals surface area contributed by atoms with E-state index in [1.807, 2.05) is 32.9 Å². The normalized spacial score (nSPS) is 11.2. The lowest BCUT2D eigenvalue weighted by molar-refractivity contribution is 0.340. The number of nitrogens with zero attached hydrogens (tertiary/aromatic N) is 4. The molecule has 0 aliphatic carbocycles. The number of hydrogen-bond acceptors (Lipinski definition) is 7. The molecule has 2 N–H and O–H groups in total. The van der Waals surface area contributed by atoms with Gasteiger partial charge in [0.2, 0.25) is 0 Å². The first-order valence-electron chi connectivity index (χ1n) is 10.3. The van der Waals surface area contributed by atoms with Gasteiger partial charge in [-0.2, -0.15) is 5.10 Å². The smallest absolute Gasteiger partial charge is 0.261 e. The van der Waals surface area contributed by atoms with E-state index < -0.39 is 10.0 Å². The summed E-state index contributed by atoms with van der Waals surface area (Å²) in [7, 11) is -3.71. The van der Waals surface area contributed by atoms with Crippen molar-refractivity contribution in [3.05, 3.63) is 78.1 Å². The quantitative estimate of drug-likeness (QED) is 0.401. The maximum absolute atomic E-state index is 12.6. The van der Waals surface area contributed by atoms with Crippen LogP contribution < -0.4 is 14.8 Å². The number of rotatable bonds is 8. The van der Waals surface area contributed by atoms with Crippen molar-refractivity contribution in [2.75, 3.05) is 16.6 Å². The molecule has 4 rings (SSSR count). The fourth-order valence-corrected chi connectivity index (χ4v) is 4.29. The average molecular weight is 465 g/mol. The summed E-state index contributed by atoms with van der Waals surface area (Å²) in [6.07, 6.45) is 0. The SMILES string of the molecule is CCOc1ccc(S(=O)(=O)Nc2ccc(Nc3ccc(-n4nc(C)cc4C)nn3)cc2)cc1. The fourth-order valence-electron chi connectivity index (χ4n) is 3.23. The molecule has 0 bridgehead atoms. The highest BCUT2D eigenvalue weighted by atomic mass is 32.2. The van der Waals surface area contributed by atoms with Crippen molar-refractivity contribution in [1.82, 2.24) is 20.0 Å². The van der Waals surface area contributed by atoms with Gasteiger partial charge in [0.1, 0.15) is 5.75 Å². The summed E-state index contributed by atoms with van der Waals surface area (Å²) in [6, 6.07) is 18.8. The van der Waals surface area contributed by atoms with Gasteiger partial charge in [0.15, 0.2) is 11.6 Å². The molecule has 2 aromatic heterocycles. The van der Waals surface area contributed by atoms with E-state index in [9.17, 15) is 8.42 Å². The van der Waals surface area contributed by atoms with Crippen molar-refractivity contribution in [2.24, 2.45) is 0 Å². The number of hydrogen-bond donors (Lipinski definition) is 2.